The van der Waals surface area contributed by atoms with Crippen LogP contribution in [0.1, 0.15) is 53.8 Å². The van der Waals surface area contributed by atoms with Crippen molar-refractivity contribution in [3.05, 3.63) is 59.4 Å². The minimum absolute atomic E-state index is 0.00352. The Morgan fingerprint density at radius 2 is 1.82 bits per heavy atom. The Hall–Kier alpha value is -3.46. The summed E-state index contributed by atoms with van der Waals surface area (Å²) in [6, 6.07) is 9.85. The first-order valence-corrected chi connectivity index (χ1v) is 13.1. The van der Waals surface area contributed by atoms with Gasteiger partial charge in [-0.3, -0.25) is 14.4 Å². The van der Waals surface area contributed by atoms with Crippen LogP contribution < -0.4 is 10.1 Å². The van der Waals surface area contributed by atoms with Gasteiger partial charge in [0.25, 0.3) is 11.8 Å². The van der Waals surface area contributed by atoms with Gasteiger partial charge in [-0.2, -0.15) is 0 Å². The van der Waals surface area contributed by atoms with Gasteiger partial charge in [-0.15, -0.1) is 0 Å². The maximum atomic E-state index is 13.4. The SMILES string of the molecule is CO[C@@H]1CN(C)C(=O)c2ccc(NC(=O)c3ccc(F)cc3)cc2OC[C@H](C)N(C(=O)CC2CC2)C[C@@H]1C. The number of carbonyl (C=O) groups excluding carboxylic acids is 3. The average Bonchev–Trinajstić information content (AvgIpc) is 3.72. The fourth-order valence-electron chi connectivity index (χ4n) is 4.69. The molecule has 3 amide bonds. The van der Waals surface area contributed by atoms with Crippen LogP contribution in [0.4, 0.5) is 10.1 Å². The summed E-state index contributed by atoms with van der Waals surface area (Å²) in [6.07, 6.45) is 2.45. The third-order valence-electron chi connectivity index (χ3n) is 7.29. The molecule has 2 aromatic carbocycles. The Kier molecular flexibility index (Phi) is 8.66. The molecule has 0 saturated heterocycles. The molecule has 0 spiro atoms. The summed E-state index contributed by atoms with van der Waals surface area (Å²) in [6.45, 7) is 5.00. The summed E-state index contributed by atoms with van der Waals surface area (Å²) < 4.78 is 25.1. The lowest BCUT2D eigenvalue weighted by Gasteiger charge is -2.36. The van der Waals surface area contributed by atoms with E-state index in [1.165, 1.54) is 24.3 Å². The number of hydrogen-bond acceptors (Lipinski definition) is 5. The number of anilines is 1. The number of likely N-dealkylation sites (N-methyl/N-ethyl adjacent to an activating group) is 1. The maximum Gasteiger partial charge on any atom is 0.257 e. The molecule has 1 heterocycles. The Bertz CT molecular complexity index is 1170. The molecule has 1 fully saturated rings. The minimum Gasteiger partial charge on any atom is -0.491 e. The lowest BCUT2D eigenvalue weighted by atomic mass is 10.0. The number of amides is 3. The van der Waals surface area contributed by atoms with Crippen molar-refractivity contribution < 1.29 is 28.2 Å². The van der Waals surface area contributed by atoms with E-state index in [0.717, 1.165) is 12.8 Å². The molecule has 1 N–H and O–H groups in total. The summed E-state index contributed by atoms with van der Waals surface area (Å²) in [5, 5.41) is 2.78. The lowest BCUT2D eigenvalue weighted by Crippen LogP contribution is -2.48. The van der Waals surface area contributed by atoms with Gasteiger partial charge in [-0.25, -0.2) is 4.39 Å². The van der Waals surface area contributed by atoms with Crippen LogP contribution in [0.2, 0.25) is 0 Å². The van der Waals surface area contributed by atoms with Gasteiger partial charge in [0.2, 0.25) is 5.91 Å². The third kappa shape index (κ3) is 6.69. The highest BCUT2D eigenvalue weighted by Gasteiger charge is 2.33. The third-order valence-corrected chi connectivity index (χ3v) is 7.29. The zero-order valence-corrected chi connectivity index (χ0v) is 22.4. The van der Waals surface area contributed by atoms with Crippen molar-refractivity contribution in [2.75, 3.05) is 39.2 Å². The summed E-state index contributed by atoms with van der Waals surface area (Å²) >= 11 is 0. The van der Waals surface area contributed by atoms with Crippen LogP contribution in [-0.4, -0.2) is 73.5 Å². The lowest BCUT2D eigenvalue weighted by molar-refractivity contribution is -0.135. The predicted molar refractivity (Wildman–Crippen MR) is 142 cm³/mol. The highest BCUT2D eigenvalue weighted by atomic mass is 19.1. The second kappa shape index (κ2) is 11.9. The molecule has 0 aromatic heterocycles. The second-order valence-corrected chi connectivity index (χ2v) is 10.5. The van der Waals surface area contributed by atoms with Crippen molar-refractivity contribution in [2.24, 2.45) is 11.8 Å². The Morgan fingerprint density at radius 1 is 1.11 bits per heavy atom. The van der Waals surface area contributed by atoms with Gasteiger partial charge in [0, 0.05) is 56.9 Å². The van der Waals surface area contributed by atoms with Crippen molar-refractivity contribution >= 4 is 23.4 Å². The van der Waals surface area contributed by atoms with Crippen LogP contribution in [0, 0.1) is 17.7 Å². The minimum atomic E-state index is -0.429. The van der Waals surface area contributed by atoms with E-state index in [0.29, 0.717) is 48.0 Å². The van der Waals surface area contributed by atoms with Crippen LogP contribution in [0.3, 0.4) is 0 Å². The fraction of sp³-hybridized carbons (Fsp3) is 0.483. The molecule has 0 radical (unpaired) electrons. The van der Waals surface area contributed by atoms with Crippen molar-refractivity contribution in [3.63, 3.8) is 0 Å². The molecule has 8 nitrogen and oxygen atoms in total. The number of nitrogens with zero attached hydrogens (tertiary/aromatic N) is 2. The van der Waals surface area contributed by atoms with Crippen LogP contribution in [-0.2, 0) is 9.53 Å². The molecule has 9 heteroatoms. The molecule has 2 aliphatic rings. The highest BCUT2D eigenvalue weighted by Crippen LogP contribution is 2.33. The van der Waals surface area contributed by atoms with E-state index in [2.05, 4.69) is 5.32 Å². The summed E-state index contributed by atoms with van der Waals surface area (Å²) in [5.74, 6) is -0.202. The Morgan fingerprint density at radius 3 is 2.47 bits per heavy atom. The van der Waals surface area contributed by atoms with E-state index >= 15 is 0 Å². The van der Waals surface area contributed by atoms with Crippen molar-refractivity contribution in [1.29, 1.82) is 0 Å². The van der Waals surface area contributed by atoms with Crippen molar-refractivity contribution in [2.45, 2.75) is 45.3 Å². The number of carbonyl (C=O) groups is 3. The van der Waals surface area contributed by atoms with E-state index in [1.54, 1.807) is 37.3 Å². The first-order valence-electron chi connectivity index (χ1n) is 13.1. The van der Waals surface area contributed by atoms with E-state index in [4.69, 9.17) is 9.47 Å². The van der Waals surface area contributed by atoms with Crippen LogP contribution in [0.5, 0.6) is 5.75 Å². The van der Waals surface area contributed by atoms with Crippen LogP contribution in [0.25, 0.3) is 0 Å². The first kappa shape index (κ1) is 27.6. The summed E-state index contributed by atoms with van der Waals surface area (Å²) in [5.41, 5.74) is 1.07. The normalized spacial score (nSPS) is 22.6. The number of hydrogen-bond donors (Lipinski definition) is 1. The number of halogens is 1. The predicted octanol–water partition coefficient (Wildman–Crippen LogP) is 4.21. The molecule has 4 rings (SSSR count). The van der Waals surface area contributed by atoms with Crippen molar-refractivity contribution in [3.8, 4) is 5.75 Å². The largest absolute Gasteiger partial charge is 0.491 e. The smallest absolute Gasteiger partial charge is 0.257 e. The number of benzene rings is 2. The quantitative estimate of drug-likeness (QED) is 0.632. The van der Waals surface area contributed by atoms with Crippen LogP contribution in [0.15, 0.2) is 42.5 Å². The zero-order valence-electron chi connectivity index (χ0n) is 22.4. The monoisotopic (exact) mass is 525 g/mol. The molecule has 1 aliphatic heterocycles. The highest BCUT2D eigenvalue weighted by molar-refractivity contribution is 6.05. The summed E-state index contributed by atoms with van der Waals surface area (Å²) in [4.78, 5) is 42.7. The van der Waals surface area contributed by atoms with E-state index in [9.17, 15) is 18.8 Å². The molecule has 3 atom stereocenters. The Balaban J connectivity index is 1.61. The fourth-order valence-corrected chi connectivity index (χ4v) is 4.69. The van der Waals surface area contributed by atoms with E-state index in [-0.39, 0.29) is 36.5 Å². The van der Waals surface area contributed by atoms with E-state index < -0.39 is 11.7 Å². The molecule has 1 aliphatic carbocycles. The van der Waals surface area contributed by atoms with Gasteiger partial charge in [-0.05, 0) is 62.1 Å². The van der Waals surface area contributed by atoms with Crippen molar-refractivity contribution in [1.82, 2.24) is 9.80 Å². The molecular weight excluding hydrogens is 489 g/mol. The first-order chi connectivity index (χ1) is 18.2. The average molecular weight is 526 g/mol. The number of ether oxygens (including phenoxy) is 2. The molecule has 0 unspecified atom stereocenters. The van der Waals surface area contributed by atoms with Gasteiger partial charge in [0.05, 0.1) is 17.7 Å². The maximum absolute atomic E-state index is 13.4. The molecule has 38 heavy (non-hydrogen) atoms. The van der Waals surface area contributed by atoms with Gasteiger partial charge in [0.15, 0.2) is 0 Å². The van der Waals surface area contributed by atoms with Crippen LogP contribution >= 0.6 is 0 Å². The molecular formula is C29H36FN3O5. The van der Waals surface area contributed by atoms with Gasteiger partial charge >= 0.3 is 0 Å². The molecule has 204 valence electrons. The number of methoxy groups -OCH3 is 1. The second-order valence-electron chi connectivity index (χ2n) is 10.5. The van der Waals surface area contributed by atoms with Gasteiger partial charge in [-0.1, -0.05) is 6.92 Å². The van der Waals surface area contributed by atoms with Gasteiger partial charge in [0.1, 0.15) is 18.2 Å². The molecule has 2 aromatic rings. The number of nitrogens with one attached hydrogen (secondary N) is 1. The summed E-state index contributed by atoms with van der Waals surface area (Å²) in [7, 11) is 3.33. The standard InChI is InChI=1S/C29H36FN3O5/c1-18-15-33(27(34)13-20-5-6-20)19(2)17-38-25-14-23(31-28(35)21-7-9-22(30)10-8-21)11-12-24(25)29(36)32(3)16-26(18)37-4/h7-12,14,18-20,26H,5-6,13,15-17H2,1-4H3,(H,31,35)/t18-,19-,26+/m0/s1. The Labute approximate surface area is 223 Å². The molecule has 0 bridgehead atoms. The van der Waals surface area contributed by atoms with Gasteiger partial charge < -0.3 is 24.6 Å². The zero-order chi connectivity index (χ0) is 27.4. The molecule has 1 saturated carbocycles. The number of rotatable bonds is 5. The van der Waals surface area contributed by atoms with E-state index in [1.807, 2.05) is 18.7 Å². The number of fused-ring (bicyclic) bond motifs is 1. The topological polar surface area (TPSA) is 88.2 Å².